The monoisotopic (exact) mass is 249 g/mol. The van der Waals surface area contributed by atoms with Crippen molar-refractivity contribution in [3.63, 3.8) is 0 Å². The number of rotatable bonds is 3. The lowest BCUT2D eigenvalue weighted by Crippen LogP contribution is -2.28. The van der Waals surface area contributed by atoms with Crippen LogP contribution in [0.15, 0.2) is 67.0 Å². The lowest BCUT2D eigenvalue weighted by atomic mass is 9.98. The van der Waals surface area contributed by atoms with Crippen LogP contribution in [0, 0.1) is 0 Å². The van der Waals surface area contributed by atoms with E-state index in [4.69, 9.17) is 5.84 Å². The van der Waals surface area contributed by atoms with Crippen molar-refractivity contribution in [3.8, 4) is 0 Å². The summed E-state index contributed by atoms with van der Waals surface area (Å²) >= 11 is 0. The van der Waals surface area contributed by atoms with Gasteiger partial charge in [0.1, 0.15) is 0 Å². The number of fused-ring (bicyclic) bond motifs is 1. The molecule has 0 saturated carbocycles. The van der Waals surface area contributed by atoms with E-state index in [1.54, 1.807) is 6.20 Å². The van der Waals surface area contributed by atoms with Crippen LogP contribution >= 0.6 is 0 Å². The predicted octanol–water partition coefficient (Wildman–Crippen LogP) is 2.79. The van der Waals surface area contributed by atoms with Gasteiger partial charge in [-0.1, -0.05) is 42.5 Å². The summed E-state index contributed by atoms with van der Waals surface area (Å²) in [5.41, 5.74) is 5.05. The molecule has 3 heteroatoms. The zero-order chi connectivity index (χ0) is 13.1. The number of hydrazine groups is 1. The molecule has 3 N–H and O–H groups in total. The van der Waals surface area contributed by atoms with Crippen LogP contribution in [-0.2, 0) is 0 Å². The fourth-order valence-corrected chi connectivity index (χ4v) is 2.32. The molecule has 0 aliphatic rings. The fourth-order valence-electron chi connectivity index (χ4n) is 2.32. The standard InChI is InChI=1S/C16H15N3/c17-19-16(15-6-3-9-18-11-15)14-8-7-12-4-1-2-5-13(12)10-14/h1-11,16,19H,17H2. The summed E-state index contributed by atoms with van der Waals surface area (Å²) in [5, 5.41) is 2.44. The van der Waals surface area contributed by atoms with Crippen LogP contribution in [0.2, 0.25) is 0 Å². The Labute approximate surface area is 112 Å². The maximum absolute atomic E-state index is 5.70. The van der Waals surface area contributed by atoms with Crippen molar-refractivity contribution in [2.24, 2.45) is 5.84 Å². The van der Waals surface area contributed by atoms with E-state index in [1.807, 2.05) is 30.5 Å². The van der Waals surface area contributed by atoms with Crippen molar-refractivity contribution in [2.75, 3.05) is 0 Å². The van der Waals surface area contributed by atoms with Crippen LogP contribution in [0.4, 0.5) is 0 Å². The molecule has 0 spiro atoms. The Balaban J connectivity index is 2.06. The van der Waals surface area contributed by atoms with Crippen molar-refractivity contribution in [2.45, 2.75) is 6.04 Å². The largest absolute Gasteiger partial charge is 0.271 e. The quantitative estimate of drug-likeness (QED) is 0.554. The highest BCUT2D eigenvalue weighted by Gasteiger charge is 2.12. The second-order valence-corrected chi connectivity index (χ2v) is 4.49. The Hall–Kier alpha value is -2.23. The minimum Gasteiger partial charge on any atom is -0.271 e. The first-order valence-corrected chi connectivity index (χ1v) is 6.23. The van der Waals surface area contributed by atoms with Gasteiger partial charge in [-0.15, -0.1) is 0 Å². The van der Waals surface area contributed by atoms with Gasteiger partial charge < -0.3 is 0 Å². The molecule has 0 saturated heterocycles. The normalized spacial score (nSPS) is 12.5. The smallest absolute Gasteiger partial charge is 0.0725 e. The molecule has 1 atom stereocenters. The topological polar surface area (TPSA) is 50.9 Å². The van der Waals surface area contributed by atoms with Crippen LogP contribution < -0.4 is 11.3 Å². The van der Waals surface area contributed by atoms with E-state index in [1.165, 1.54) is 10.8 Å². The predicted molar refractivity (Wildman–Crippen MR) is 77.4 cm³/mol. The molecule has 3 rings (SSSR count). The molecule has 1 heterocycles. The van der Waals surface area contributed by atoms with Gasteiger partial charge in [-0.05, 0) is 34.0 Å². The SMILES string of the molecule is NNC(c1cccnc1)c1ccc2ccccc2c1. The molecule has 0 aliphatic heterocycles. The van der Waals surface area contributed by atoms with Crippen LogP contribution in [-0.4, -0.2) is 4.98 Å². The molecule has 3 nitrogen and oxygen atoms in total. The van der Waals surface area contributed by atoms with Crippen molar-refractivity contribution in [1.82, 2.24) is 10.4 Å². The van der Waals surface area contributed by atoms with E-state index in [0.717, 1.165) is 11.1 Å². The maximum atomic E-state index is 5.70. The van der Waals surface area contributed by atoms with Crippen molar-refractivity contribution >= 4 is 10.8 Å². The summed E-state index contributed by atoms with van der Waals surface area (Å²) in [4.78, 5) is 4.15. The molecule has 0 radical (unpaired) electrons. The fraction of sp³-hybridized carbons (Fsp3) is 0.0625. The van der Waals surface area contributed by atoms with Gasteiger partial charge in [0.05, 0.1) is 6.04 Å². The van der Waals surface area contributed by atoms with Gasteiger partial charge in [0.2, 0.25) is 0 Å². The van der Waals surface area contributed by atoms with E-state index in [9.17, 15) is 0 Å². The molecule has 1 unspecified atom stereocenters. The highest BCUT2D eigenvalue weighted by atomic mass is 15.2. The van der Waals surface area contributed by atoms with Crippen molar-refractivity contribution < 1.29 is 0 Å². The van der Waals surface area contributed by atoms with Crippen molar-refractivity contribution in [1.29, 1.82) is 0 Å². The number of nitrogens with one attached hydrogen (secondary N) is 1. The van der Waals surface area contributed by atoms with Gasteiger partial charge in [0, 0.05) is 12.4 Å². The lowest BCUT2D eigenvalue weighted by Gasteiger charge is -2.17. The second kappa shape index (κ2) is 5.18. The third-order valence-corrected chi connectivity index (χ3v) is 3.29. The summed E-state index contributed by atoms with van der Waals surface area (Å²) in [7, 11) is 0. The van der Waals surface area contributed by atoms with Crippen LogP contribution in [0.1, 0.15) is 17.2 Å². The average molecular weight is 249 g/mol. The van der Waals surface area contributed by atoms with Crippen LogP contribution in [0.3, 0.4) is 0 Å². The number of hydrogen-bond donors (Lipinski definition) is 2. The van der Waals surface area contributed by atoms with Crippen LogP contribution in [0.25, 0.3) is 10.8 Å². The van der Waals surface area contributed by atoms with E-state index in [0.29, 0.717) is 0 Å². The van der Waals surface area contributed by atoms with E-state index in [2.05, 4.69) is 40.7 Å². The first kappa shape index (κ1) is 11.8. The van der Waals surface area contributed by atoms with Gasteiger partial charge in [0.15, 0.2) is 0 Å². The Morgan fingerprint density at radius 3 is 2.47 bits per heavy atom. The molecule has 0 bridgehead atoms. The molecule has 19 heavy (non-hydrogen) atoms. The summed E-state index contributed by atoms with van der Waals surface area (Å²) in [6.07, 6.45) is 3.59. The first-order chi connectivity index (χ1) is 9.38. The number of aromatic nitrogens is 1. The maximum Gasteiger partial charge on any atom is 0.0725 e. The first-order valence-electron chi connectivity index (χ1n) is 6.23. The van der Waals surface area contributed by atoms with Gasteiger partial charge >= 0.3 is 0 Å². The Morgan fingerprint density at radius 1 is 0.895 bits per heavy atom. The molecule has 2 aromatic carbocycles. The highest BCUT2D eigenvalue weighted by molar-refractivity contribution is 5.83. The minimum absolute atomic E-state index is 0.0432. The van der Waals surface area contributed by atoms with Gasteiger partial charge in [-0.2, -0.15) is 0 Å². The molecular weight excluding hydrogens is 234 g/mol. The number of nitrogens with two attached hydrogens (primary N) is 1. The summed E-state index contributed by atoms with van der Waals surface area (Å²) in [5.74, 6) is 5.70. The van der Waals surface area contributed by atoms with E-state index < -0.39 is 0 Å². The average Bonchev–Trinajstić information content (AvgIpc) is 2.49. The molecule has 0 fully saturated rings. The van der Waals surface area contributed by atoms with Gasteiger partial charge in [0.25, 0.3) is 0 Å². The number of pyridine rings is 1. The summed E-state index contributed by atoms with van der Waals surface area (Å²) < 4.78 is 0. The highest BCUT2D eigenvalue weighted by Crippen LogP contribution is 2.24. The molecular formula is C16H15N3. The number of benzene rings is 2. The molecule has 94 valence electrons. The molecule has 3 aromatic rings. The lowest BCUT2D eigenvalue weighted by molar-refractivity contribution is 0.635. The van der Waals surface area contributed by atoms with Gasteiger partial charge in [-0.3, -0.25) is 10.8 Å². The summed E-state index contributed by atoms with van der Waals surface area (Å²) in [6.45, 7) is 0. The Kier molecular flexibility index (Phi) is 3.23. The van der Waals surface area contributed by atoms with Gasteiger partial charge in [-0.25, -0.2) is 5.43 Å². The number of hydrogen-bond acceptors (Lipinski definition) is 3. The third kappa shape index (κ3) is 2.34. The zero-order valence-electron chi connectivity index (χ0n) is 10.5. The molecule has 0 aliphatic carbocycles. The second-order valence-electron chi connectivity index (χ2n) is 4.49. The van der Waals surface area contributed by atoms with E-state index >= 15 is 0 Å². The van der Waals surface area contributed by atoms with Crippen molar-refractivity contribution in [3.05, 3.63) is 78.1 Å². The van der Waals surface area contributed by atoms with E-state index in [-0.39, 0.29) is 6.04 Å². The minimum atomic E-state index is -0.0432. The molecule has 0 amide bonds. The Morgan fingerprint density at radius 2 is 1.74 bits per heavy atom. The number of nitrogens with zero attached hydrogens (tertiary/aromatic N) is 1. The van der Waals surface area contributed by atoms with Crippen LogP contribution in [0.5, 0.6) is 0 Å². The summed E-state index contributed by atoms with van der Waals surface area (Å²) in [6, 6.07) is 18.6. The molecule has 1 aromatic heterocycles. The zero-order valence-corrected chi connectivity index (χ0v) is 10.5. The Bertz CT molecular complexity index is 680. The third-order valence-electron chi connectivity index (χ3n) is 3.29.